The zero-order valence-corrected chi connectivity index (χ0v) is 14.5. The Balaban J connectivity index is 1.59. The molecule has 2 aromatic rings. The molecule has 0 aliphatic carbocycles. The van der Waals surface area contributed by atoms with Crippen LogP contribution in [0.2, 0.25) is 0 Å². The van der Waals surface area contributed by atoms with Crippen LogP contribution in [0.1, 0.15) is 21.9 Å². The van der Waals surface area contributed by atoms with E-state index in [1.807, 2.05) is 24.0 Å². The molecule has 1 fully saturated rings. The first-order chi connectivity index (χ1) is 11.1. The second-order valence-corrected chi connectivity index (χ2v) is 7.32. The lowest BCUT2D eigenvalue weighted by Gasteiger charge is -2.22. The van der Waals surface area contributed by atoms with Crippen molar-refractivity contribution in [1.82, 2.24) is 15.1 Å². The summed E-state index contributed by atoms with van der Waals surface area (Å²) >= 11 is 1.71. The third-order valence-corrected chi connectivity index (χ3v) is 5.08. The van der Waals surface area contributed by atoms with Gasteiger partial charge in [-0.15, -0.1) is 16.4 Å². The van der Waals surface area contributed by atoms with E-state index < -0.39 is 0 Å². The molecular weight excluding hydrogens is 308 g/mol. The van der Waals surface area contributed by atoms with Crippen LogP contribution in [0.5, 0.6) is 0 Å². The van der Waals surface area contributed by atoms with E-state index >= 15 is 0 Å². The van der Waals surface area contributed by atoms with E-state index in [0.717, 1.165) is 49.0 Å². The Morgan fingerprint density at radius 1 is 1.09 bits per heavy atom. The Hall–Kier alpha value is -1.95. The Morgan fingerprint density at radius 3 is 2.65 bits per heavy atom. The summed E-state index contributed by atoms with van der Waals surface area (Å²) < 4.78 is 0. The van der Waals surface area contributed by atoms with Crippen LogP contribution >= 0.6 is 11.3 Å². The first-order valence-electron chi connectivity index (χ1n) is 8.00. The number of nitrogens with zero attached hydrogens (tertiary/aromatic N) is 4. The molecule has 2 aromatic heterocycles. The number of rotatable bonds is 3. The van der Waals surface area contributed by atoms with Gasteiger partial charge in [-0.05, 0) is 44.5 Å². The summed E-state index contributed by atoms with van der Waals surface area (Å²) in [6.45, 7) is 7.31. The van der Waals surface area contributed by atoms with E-state index in [-0.39, 0.29) is 5.91 Å². The largest absolute Gasteiger partial charge is 0.353 e. The van der Waals surface area contributed by atoms with Crippen LogP contribution in [0, 0.1) is 13.8 Å². The number of carbonyl (C=O) groups excluding carboxylic acids is 1. The highest BCUT2D eigenvalue weighted by molar-refractivity contribution is 7.12. The maximum Gasteiger partial charge on any atom is 0.227 e. The summed E-state index contributed by atoms with van der Waals surface area (Å²) in [6, 6.07) is 8.13. The third-order valence-electron chi connectivity index (χ3n) is 4.08. The fourth-order valence-electron chi connectivity index (χ4n) is 2.80. The van der Waals surface area contributed by atoms with Crippen LogP contribution in [0.25, 0.3) is 0 Å². The summed E-state index contributed by atoms with van der Waals surface area (Å²) in [4.78, 5) is 19.1. The Kier molecular flexibility index (Phi) is 4.91. The average Bonchev–Trinajstić information content (AvgIpc) is 2.80. The number of hydrogen-bond donors (Lipinski definition) is 0. The third kappa shape index (κ3) is 4.07. The van der Waals surface area contributed by atoms with Crippen molar-refractivity contribution in [2.45, 2.75) is 26.7 Å². The predicted molar refractivity (Wildman–Crippen MR) is 92.9 cm³/mol. The molecule has 1 saturated heterocycles. The topological polar surface area (TPSA) is 49.3 Å². The van der Waals surface area contributed by atoms with E-state index in [1.54, 1.807) is 11.3 Å². The zero-order chi connectivity index (χ0) is 16.2. The molecule has 0 bridgehead atoms. The van der Waals surface area contributed by atoms with Crippen molar-refractivity contribution in [3.63, 3.8) is 0 Å². The smallest absolute Gasteiger partial charge is 0.227 e. The van der Waals surface area contributed by atoms with E-state index in [0.29, 0.717) is 6.42 Å². The SMILES string of the molecule is Cc1ccc(N2CCCN(C(=O)Cc3ccc(C)s3)CC2)nn1. The molecule has 0 atom stereocenters. The van der Waals surface area contributed by atoms with Gasteiger partial charge in [0.1, 0.15) is 0 Å². The number of amides is 1. The Bertz CT molecular complexity index is 667. The van der Waals surface area contributed by atoms with Gasteiger partial charge in [0.25, 0.3) is 0 Å². The molecule has 6 heteroatoms. The number of thiophene rings is 1. The summed E-state index contributed by atoms with van der Waals surface area (Å²) in [5.74, 6) is 1.13. The van der Waals surface area contributed by atoms with Crippen LogP contribution in [-0.4, -0.2) is 47.2 Å². The lowest BCUT2D eigenvalue weighted by Crippen LogP contribution is -2.36. The molecule has 1 amide bonds. The van der Waals surface area contributed by atoms with Crippen molar-refractivity contribution in [2.24, 2.45) is 0 Å². The summed E-state index contributed by atoms with van der Waals surface area (Å²) in [5, 5.41) is 8.38. The van der Waals surface area contributed by atoms with E-state index in [4.69, 9.17) is 0 Å². The highest BCUT2D eigenvalue weighted by atomic mass is 32.1. The Labute approximate surface area is 140 Å². The zero-order valence-electron chi connectivity index (χ0n) is 13.7. The normalized spacial score (nSPS) is 15.6. The maximum absolute atomic E-state index is 12.5. The van der Waals surface area contributed by atoms with E-state index in [9.17, 15) is 4.79 Å². The first kappa shape index (κ1) is 15.9. The van der Waals surface area contributed by atoms with E-state index in [2.05, 4.69) is 34.2 Å². The molecule has 0 aromatic carbocycles. The van der Waals surface area contributed by atoms with Gasteiger partial charge in [0.2, 0.25) is 5.91 Å². The van der Waals surface area contributed by atoms with Gasteiger partial charge in [-0.2, -0.15) is 5.10 Å². The molecule has 5 nitrogen and oxygen atoms in total. The number of aromatic nitrogens is 2. The van der Waals surface area contributed by atoms with Crippen molar-refractivity contribution in [3.05, 3.63) is 39.7 Å². The monoisotopic (exact) mass is 330 g/mol. The molecule has 1 aliphatic heterocycles. The number of hydrogen-bond acceptors (Lipinski definition) is 5. The van der Waals surface area contributed by atoms with Gasteiger partial charge in [-0.25, -0.2) is 0 Å². The lowest BCUT2D eigenvalue weighted by atomic mass is 10.3. The molecule has 0 saturated carbocycles. The van der Waals surface area contributed by atoms with Crippen LogP contribution < -0.4 is 4.90 Å². The molecule has 0 spiro atoms. The first-order valence-corrected chi connectivity index (χ1v) is 8.82. The second-order valence-electron chi connectivity index (χ2n) is 5.94. The summed E-state index contributed by atoms with van der Waals surface area (Å²) in [5.41, 5.74) is 0.923. The fourth-order valence-corrected chi connectivity index (χ4v) is 3.68. The Morgan fingerprint density at radius 2 is 1.96 bits per heavy atom. The van der Waals surface area contributed by atoms with Crippen LogP contribution in [0.3, 0.4) is 0 Å². The maximum atomic E-state index is 12.5. The van der Waals surface area contributed by atoms with Crippen LogP contribution in [-0.2, 0) is 11.2 Å². The number of aryl methyl sites for hydroxylation is 2. The van der Waals surface area contributed by atoms with Gasteiger partial charge < -0.3 is 9.80 Å². The second kappa shape index (κ2) is 7.08. The molecule has 3 rings (SSSR count). The summed E-state index contributed by atoms with van der Waals surface area (Å²) in [6.07, 6.45) is 1.48. The minimum atomic E-state index is 0.226. The number of anilines is 1. The molecule has 0 radical (unpaired) electrons. The van der Waals surface area contributed by atoms with Crippen molar-refractivity contribution in [2.75, 3.05) is 31.1 Å². The minimum Gasteiger partial charge on any atom is -0.353 e. The van der Waals surface area contributed by atoms with Gasteiger partial charge >= 0.3 is 0 Å². The molecule has 1 aliphatic rings. The van der Waals surface area contributed by atoms with Crippen LogP contribution in [0.15, 0.2) is 24.3 Å². The highest BCUT2D eigenvalue weighted by Gasteiger charge is 2.20. The van der Waals surface area contributed by atoms with Crippen molar-refractivity contribution in [1.29, 1.82) is 0 Å². The summed E-state index contributed by atoms with van der Waals surface area (Å²) in [7, 11) is 0. The molecule has 0 N–H and O–H groups in total. The molecule has 0 unspecified atom stereocenters. The van der Waals surface area contributed by atoms with Crippen molar-refractivity contribution >= 4 is 23.1 Å². The quantitative estimate of drug-likeness (QED) is 0.867. The van der Waals surface area contributed by atoms with Gasteiger partial charge in [0.05, 0.1) is 12.1 Å². The van der Waals surface area contributed by atoms with Gasteiger partial charge in [-0.3, -0.25) is 4.79 Å². The van der Waals surface area contributed by atoms with Crippen LogP contribution in [0.4, 0.5) is 5.82 Å². The lowest BCUT2D eigenvalue weighted by molar-refractivity contribution is -0.130. The van der Waals surface area contributed by atoms with Gasteiger partial charge in [0, 0.05) is 35.9 Å². The van der Waals surface area contributed by atoms with E-state index in [1.165, 1.54) is 4.88 Å². The average molecular weight is 330 g/mol. The van der Waals surface area contributed by atoms with Crippen molar-refractivity contribution < 1.29 is 4.79 Å². The molecule has 23 heavy (non-hydrogen) atoms. The fraction of sp³-hybridized carbons (Fsp3) is 0.471. The molecule has 122 valence electrons. The number of carbonyl (C=O) groups is 1. The molecular formula is C17H22N4OS. The van der Waals surface area contributed by atoms with Crippen molar-refractivity contribution in [3.8, 4) is 0 Å². The standard InChI is InChI=1S/C17H22N4OS/c1-13-4-7-16(19-18-13)20-8-3-9-21(11-10-20)17(22)12-15-6-5-14(2)23-15/h4-7H,3,8-12H2,1-2H3. The molecule has 3 heterocycles. The minimum absolute atomic E-state index is 0.226. The van der Waals surface area contributed by atoms with Gasteiger partial charge in [-0.1, -0.05) is 0 Å². The highest BCUT2D eigenvalue weighted by Crippen LogP contribution is 2.18. The predicted octanol–water partition coefficient (Wildman–Crippen LogP) is 2.44. The van der Waals surface area contributed by atoms with Gasteiger partial charge in [0.15, 0.2) is 5.82 Å².